The van der Waals surface area contributed by atoms with Gasteiger partial charge < -0.3 is 9.47 Å². The molecular weight excluding hydrogens is 522 g/mol. The number of nitrogens with zero attached hydrogens (tertiary/aromatic N) is 1. The minimum Gasteiger partial charge on any atom is -0.425 e. The van der Waals surface area contributed by atoms with Gasteiger partial charge >= 0.3 is 12.1 Å². The molecule has 1 aromatic rings. The van der Waals surface area contributed by atoms with Crippen LogP contribution < -0.4 is 0 Å². The van der Waals surface area contributed by atoms with Crippen molar-refractivity contribution in [3.63, 3.8) is 0 Å². The first-order valence-electron chi connectivity index (χ1n) is 17.2. The summed E-state index contributed by atoms with van der Waals surface area (Å²) < 4.78 is 10.8. The maximum absolute atomic E-state index is 12.9. The molecule has 236 valence electrons. The molecule has 0 saturated carbocycles. The molecular formula is C37H59NO4. The van der Waals surface area contributed by atoms with Gasteiger partial charge in [0.1, 0.15) is 0 Å². The molecule has 0 saturated heterocycles. The summed E-state index contributed by atoms with van der Waals surface area (Å²) in [6, 6.07) is 7.99. The maximum Gasteiger partial charge on any atom is 0.414 e. The number of hydrogen-bond acceptors (Lipinski definition) is 4. The molecule has 42 heavy (non-hydrogen) atoms. The number of terminal acetylenes is 1. The minimum atomic E-state index is -0.942. The highest BCUT2D eigenvalue weighted by atomic mass is 16.7. The molecule has 1 aliphatic carbocycles. The Labute approximate surface area is 257 Å². The summed E-state index contributed by atoms with van der Waals surface area (Å²) in [5, 5.41) is 0. The second kappa shape index (κ2) is 23.0. The van der Waals surface area contributed by atoms with Crippen LogP contribution in [0.15, 0.2) is 24.3 Å². The summed E-state index contributed by atoms with van der Waals surface area (Å²) in [4.78, 5) is 26.7. The highest BCUT2D eigenvalue weighted by molar-refractivity contribution is 5.71. The van der Waals surface area contributed by atoms with Crippen LogP contribution in [0.2, 0.25) is 0 Å². The Bertz CT molecular complexity index is 907. The molecule has 0 spiro atoms. The van der Waals surface area contributed by atoms with Crippen molar-refractivity contribution >= 4 is 12.1 Å². The van der Waals surface area contributed by atoms with Gasteiger partial charge in [-0.25, -0.2) is 4.79 Å². The Morgan fingerprint density at radius 3 is 1.83 bits per heavy atom. The lowest BCUT2D eigenvalue weighted by molar-refractivity contribution is -0.166. The number of benzene rings is 1. The number of carbonyl (C=O) groups is 2. The van der Waals surface area contributed by atoms with E-state index in [0.29, 0.717) is 6.42 Å². The number of unbranched alkanes of at least 4 members (excludes halogenated alkanes) is 18. The van der Waals surface area contributed by atoms with Gasteiger partial charge in [0.2, 0.25) is 6.29 Å². The van der Waals surface area contributed by atoms with Crippen LogP contribution in [-0.2, 0) is 20.7 Å². The average molecular weight is 582 g/mol. The molecule has 0 aromatic heterocycles. The van der Waals surface area contributed by atoms with Crippen LogP contribution in [0.1, 0.15) is 166 Å². The first kappa shape index (κ1) is 35.7. The van der Waals surface area contributed by atoms with Crippen molar-refractivity contribution in [1.82, 2.24) is 4.90 Å². The normalized spacial score (nSPS) is 14.6. The third-order valence-electron chi connectivity index (χ3n) is 8.52. The van der Waals surface area contributed by atoms with E-state index in [1.165, 1.54) is 108 Å². The Kier molecular flexibility index (Phi) is 19.6. The first-order chi connectivity index (χ1) is 20.6. The molecule has 1 aromatic carbocycles. The monoisotopic (exact) mass is 581 g/mol. The Balaban J connectivity index is 1.42. The third kappa shape index (κ3) is 15.1. The molecule has 2 rings (SSSR count). The van der Waals surface area contributed by atoms with Crippen LogP contribution in [0.5, 0.6) is 0 Å². The second-order valence-electron chi connectivity index (χ2n) is 12.1. The van der Waals surface area contributed by atoms with Gasteiger partial charge in [0.15, 0.2) is 0 Å². The highest BCUT2D eigenvalue weighted by Gasteiger charge is 2.32. The lowest BCUT2D eigenvalue weighted by Gasteiger charge is -2.28. The van der Waals surface area contributed by atoms with E-state index in [1.807, 2.05) is 18.2 Å². The Morgan fingerprint density at radius 2 is 1.31 bits per heavy atom. The summed E-state index contributed by atoms with van der Waals surface area (Å²) in [6.07, 6.45) is 31.2. The minimum absolute atomic E-state index is 0.114. The van der Waals surface area contributed by atoms with Crippen LogP contribution in [-0.4, -0.2) is 29.8 Å². The topological polar surface area (TPSA) is 55.8 Å². The second-order valence-corrected chi connectivity index (χ2v) is 12.1. The predicted octanol–water partition coefficient (Wildman–Crippen LogP) is 10.5. The number of carbonyl (C=O) groups excluding carboxylic acids is 2. The van der Waals surface area contributed by atoms with E-state index in [9.17, 15) is 9.59 Å². The van der Waals surface area contributed by atoms with Gasteiger partial charge in [-0.15, -0.1) is 6.42 Å². The lowest BCUT2D eigenvalue weighted by Crippen LogP contribution is -2.37. The summed E-state index contributed by atoms with van der Waals surface area (Å²) in [5.41, 5.74) is 2.34. The van der Waals surface area contributed by atoms with Crippen molar-refractivity contribution in [3.05, 3.63) is 35.4 Å². The molecule has 0 heterocycles. The molecule has 1 unspecified atom stereocenters. The summed E-state index contributed by atoms with van der Waals surface area (Å²) >= 11 is 0. The molecule has 0 bridgehead atoms. The van der Waals surface area contributed by atoms with Crippen molar-refractivity contribution in [2.45, 2.75) is 167 Å². The fourth-order valence-electron chi connectivity index (χ4n) is 6.08. The van der Waals surface area contributed by atoms with Crippen molar-refractivity contribution < 1.29 is 19.1 Å². The SMILES string of the molecule is C#CCN(C(=O)OC(C)OC(=O)CCCCCCCCCCCCCCCCCCCCC)[C@@H]1CCc2ccccc21. The predicted molar refractivity (Wildman–Crippen MR) is 173 cm³/mol. The number of aryl methyl sites for hydroxylation is 1. The molecule has 0 fully saturated rings. The smallest absolute Gasteiger partial charge is 0.414 e. The summed E-state index contributed by atoms with van der Waals surface area (Å²) in [5.74, 6) is 2.24. The van der Waals surface area contributed by atoms with Crippen LogP contribution in [0.25, 0.3) is 0 Å². The van der Waals surface area contributed by atoms with E-state index in [0.717, 1.165) is 37.7 Å². The molecule has 1 aliphatic rings. The quantitative estimate of drug-likeness (QED) is 0.0527. The molecule has 0 aliphatic heterocycles. The largest absolute Gasteiger partial charge is 0.425 e. The molecule has 5 heteroatoms. The van der Waals surface area contributed by atoms with E-state index < -0.39 is 12.4 Å². The molecule has 2 atom stereocenters. The van der Waals surface area contributed by atoms with Crippen molar-refractivity contribution in [3.8, 4) is 12.3 Å². The molecule has 0 N–H and O–H groups in total. The number of esters is 1. The molecule has 0 radical (unpaired) electrons. The van der Waals surface area contributed by atoms with Crippen LogP contribution in [0.4, 0.5) is 4.79 Å². The molecule has 1 amide bonds. The van der Waals surface area contributed by atoms with Gasteiger partial charge in [0, 0.05) is 13.3 Å². The van der Waals surface area contributed by atoms with Crippen LogP contribution in [0.3, 0.4) is 0 Å². The standard InChI is InChI=1S/C37H59NO4/c1-4-6-7-8-9-10-11-12-13-14-15-16-17-18-19-20-21-22-23-28-36(39)41-32(3)42-37(40)38(31-5-2)35-30-29-33-26-24-25-27-34(33)35/h2,24-27,32,35H,4,6-23,28-31H2,1,3H3/t32?,35-/m1/s1. The average Bonchev–Trinajstić information content (AvgIpc) is 3.40. The van der Waals surface area contributed by atoms with Gasteiger partial charge in [-0.1, -0.05) is 153 Å². The number of amides is 1. The van der Waals surface area contributed by atoms with Crippen LogP contribution >= 0.6 is 0 Å². The van der Waals surface area contributed by atoms with Gasteiger partial charge in [-0.3, -0.25) is 9.69 Å². The summed E-state index contributed by atoms with van der Waals surface area (Å²) in [7, 11) is 0. The van der Waals surface area contributed by atoms with Crippen molar-refractivity contribution in [2.75, 3.05) is 6.54 Å². The highest BCUT2D eigenvalue weighted by Crippen LogP contribution is 2.36. The number of hydrogen-bond donors (Lipinski definition) is 0. The number of fused-ring (bicyclic) bond motifs is 1. The lowest BCUT2D eigenvalue weighted by atomic mass is 10.0. The fourth-order valence-corrected chi connectivity index (χ4v) is 6.08. The number of ether oxygens (including phenoxy) is 2. The van der Waals surface area contributed by atoms with Gasteiger partial charge in [-0.05, 0) is 30.4 Å². The van der Waals surface area contributed by atoms with Crippen molar-refractivity contribution in [1.29, 1.82) is 0 Å². The molecule has 5 nitrogen and oxygen atoms in total. The van der Waals surface area contributed by atoms with E-state index in [4.69, 9.17) is 15.9 Å². The third-order valence-corrected chi connectivity index (χ3v) is 8.52. The van der Waals surface area contributed by atoms with E-state index >= 15 is 0 Å². The van der Waals surface area contributed by atoms with Gasteiger partial charge in [0.05, 0.1) is 12.6 Å². The van der Waals surface area contributed by atoms with E-state index in [1.54, 1.807) is 11.8 Å². The van der Waals surface area contributed by atoms with E-state index in [-0.39, 0.29) is 18.6 Å². The van der Waals surface area contributed by atoms with Crippen molar-refractivity contribution in [2.24, 2.45) is 0 Å². The maximum atomic E-state index is 12.9. The first-order valence-corrected chi connectivity index (χ1v) is 17.2. The van der Waals surface area contributed by atoms with Crippen LogP contribution in [0, 0.1) is 12.3 Å². The van der Waals surface area contributed by atoms with Gasteiger partial charge in [-0.2, -0.15) is 0 Å². The Morgan fingerprint density at radius 1 is 0.810 bits per heavy atom. The summed E-state index contributed by atoms with van der Waals surface area (Å²) in [6.45, 7) is 4.02. The van der Waals surface area contributed by atoms with Gasteiger partial charge in [0.25, 0.3) is 0 Å². The zero-order valence-corrected chi connectivity index (χ0v) is 26.9. The fraction of sp³-hybridized carbons (Fsp3) is 0.730. The zero-order chi connectivity index (χ0) is 30.3. The zero-order valence-electron chi connectivity index (χ0n) is 26.9. The number of rotatable bonds is 24. The van der Waals surface area contributed by atoms with E-state index in [2.05, 4.69) is 18.9 Å². The Hall–Kier alpha value is -2.48.